The first-order valence-electron chi connectivity index (χ1n) is 6.17. The number of hydrogen-bond donors (Lipinski definition) is 1. The van der Waals surface area contributed by atoms with Crippen molar-refractivity contribution in [2.45, 2.75) is 36.6 Å². The van der Waals surface area contributed by atoms with Crippen LogP contribution in [0.3, 0.4) is 0 Å². The molecule has 0 amide bonds. The molecule has 1 aromatic rings. The summed E-state index contributed by atoms with van der Waals surface area (Å²) in [7, 11) is -1.01. The van der Waals surface area contributed by atoms with E-state index < -0.39 is 10.8 Å². The summed E-state index contributed by atoms with van der Waals surface area (Å²) in [6.45, 7) is 0. The fourth-order valence-electron chi connectivity index (χ4n) is 2.42. The number of benzene rings is 1. The van der Waals surface area contributed by atoms with Crippen LogP contribution in [0.1, 0.15) is 25.7 Å². The van der Waals surface area contributed by atoms with Gasteiger partial charge in [0.2, 0.25) is 0 Å². The first-order valence-corrected chi connectivity index (χ1v) is 8.24. The second kappa shape index (κ2) is 6.38. The van der Waals surface area contributed by atoms with E-state index in [9.17, 15) is 4.21 Å². The molecule has 5 heteroatoms. The highest BCUT2D eigenvalue weighted by Gasteiger charge is 2.24. The molecular weight excluding hydrogens is 289 g/mol. The molecule has 1 saturated carbocycles. The van der Waals surface area contributed by atoms with Crippen LogP contribution in [0.5, 0.6) is 0 Å². The van der Waals surface area contributed by atoms with Crippen LogP contribution in [0, 0.1) is 5.92 Å². The van der Waals surface area contributed by atoms with Crippen molar-refractivity contribution in [1.29, 1.82) is 0 Å². The van der Waals surface area contributed by atoms with E-state index in [1.807, 2.05) is 0 Å². The molecule has 18 heavy (non-hydrogen) atoms. The number of nitrogens with two attached hydrogens (primary N) is 1. The topological polar surface area (TPSA) is 43.1 Å². The Balaban J connectivity index is 1.93. The first-order chi connectivity index (χ1) is 8.58. The zero-order chi connectivity index (χ0) is 13.1. The smallest absolute Gasteiger partial charge is 0.0604 e. The van der Waals surface area contributed by atoms with E-state index in [2.05, 4.69) is 0 Å². The van der Waals surface area contributed by atoms with Gasteiger partial charge in [-0.25, -0.2) is 0 Å². The Morgan fingerprint density at radius 2 is 2.06 bits per heavy atom. The van der Waals surface area contributed by atoms with E-state index in [-0.39, 0.29) is 6.04 Å². The third-order valence-corrected chi connectivity index (χ3v) is 5.67. The SMILES string of the molecule is NC1CCCC1CCS(=O)c1ccc(Cl)c(Cl)c1. The maximum absolute atomic E-state index is 12.1. The van der Waals surface area contributed by atoms with Crippen LogP contribution in [0.25, 0.3) is 0 Å². The molecule has 0 heterocycles. The van der Waals surface area contributed by atoms with Crippen LogP contribution in [0.4, 0.5) is 0 Å². The van der Waals surface area contributed by atoms with Crippen molar-refractivity contribution in [3.63, 3.8) is 0 Å². The Labute approximate surface area is 120 Å². The predicted molar refractivity (Wildman–Crippen MR) is 77.7 cm³/mol. The van der Waals surface area contributed by atoms with Crippen molar-refractivity contribution in [3.05, 3.63) is 28.2 Å². The summed E-state index contributed by atoms with van der Waals surface area (Å²) in [5, 5.41) is 0.954. The molecule has 100 valence electrons. The summed E-state index contributed by atoms with van der Waals surface area (Å²) >= 11 is 11.8. The van der Waals surface area contributed by atoms with Gasteiger partial charge in [-0.1, -0.05) is 29.6 Å². The number of rotatable bonds is 4. The first kappa shape index (κ1) is 14.3. The van der Waals surface area contributed by atoms with Crippen LogP contribution < -0.4 is 5.73 Å². The van der Waals surface area contributed by atoms with Gasteiger partial charge in [-0.15, -0.1) is 0 Å². The Kier molecular flexibility index (Phi) is 5.07. The van der Waals surface area contributed by atoms with Crippen LogP contribution in [-0.2, 0) is 10.8 Å². The van der Waals surface area contributed by atoms with Gasteiger partial charge in [0.1, 0.15) is 0 Å². The summed E-state index contributed by atoms with van der Waals surface area (Å²) in [5.41, 5.74) is 6.01. The Hall–Kier alpha value is -0.0900. The summed E-state index contributed by atoms with van der Waals surface area (Å²) in [6, 6.07) is 5.45. The van der Waals surface area contributed by atoms with Crippen molar-refractivity contribution in [3.8, 4) is 0 Å². The van der Waals surface area contributed by atoms with E-state index >= 15 is 0 Å². The molecule has 2 N–H and O–H groups in total. The summed E-state index contributed by atoms with van der Waals surface area (Å²) in [4.78, 5) is 0.746. The average Bonchev–Trinajstić information content (AvgIpc) is 2.75. The van der Waals surface area contributed by atoms with E-state index in [1.54, 1.807) is 18.2 Å². The molecule has 0 aromatic heterocycles. The van der Waals surface area contributed by atoms with Crippen molar-refractivity contribution in [1.82, 2.24) is 0 Å². The van der Waals surface area contributed by atoms with Crippen LogP contribution in [0.2, 0.25) is 10.0 Å². The van der Waals surface area contributed by atoms with Gasteiger partial charge >= 0.3 is 0 Å². The maximum Gasteiger partial charge on any atom is 0.0604 e. The molecule has 3 unspecified atom stereocenters. The Morgan fingerprint density at radius 1 is 1.28 bits per heavy atom. The zero-order valence-electron chi connectivity index (χ0n) is 10.1. The highest BCUT2D eigenvalue weighted by molar-refractivity contribution is 7.85. The van der Waals surface area contributed by atoms with Crippen LogP contribution in [-0.4, -0.2) is 16.0 Å². The lowest BCUT2D eigenvalue weighted by Crippen LogP contribution is -2.25. The average molecular weight is 306 g/mol. The van der Waals surface area contributed by atoms with Crippen molar-refractivity contribution in [2.24, 2.45) is 11.7 Å². The van der Waals surface area contributed by atoms with E-state index in [0.717, 1.165) is 17.7 Å². The third kappa shape index (κ3) is 3.47. The second-order valence-electron chi connectivity index (χ2n) is 4.77. The van der Waals surface area contributed by atoms with Gasteiger partial charge in [0.05, 0.1) is 20.8 Å². The van der Waals surface area contributed by atoms with Crippen LogP contribution in [0.15, 0.2) is 23.1 Å². The molecule has 0 radical (unpaired) electrons. The lowest BCUT2D eigenvalue weighted by molar-refractivity contribution is 0.468. The van der Waals surface area contributed by atoms with E-state index in [4.69, 9.17) is 28.9 Å². The van der Waals surface area contributed by atoms with Gasteiger partial charge in [0, 0.05) is 16.7 Å². The van der Waals surface area contributed by atoms with Gasteiger partial charge in [-0.3, -0.25) is 4.21 Å². The number of hydrogen-bond acceptors (Lipinski definition) is 2. The molecule has 1 aromatic carbocycles. The Morgan fingerprint density at radius 3 is 2.67 bits per heavy atom. The molecule has 0 aliphatic heterocycles. The van der Waals surface area contributed by atoms with Gasteiger partial charge in [0.15, 0.2) is 0 Å². The molecule has 2 nitrogen and oxygen atoms in total. The molecule has 3 atom stereocenters. The molecule has 0 saturated heterocycles. The van der Waals surface area contributed by atoms with Crippen molar-refractivity contribution >= 4 is 34.0 Å². The fraction of sp³-hybridized carbons (Fsp3) is 0.538. The molecule has 1 aliphatic rings. The van der Waals surface area contributed by atoms with E-state index in [0.29, 0.717) is 21.7 Å². The summed E-state index contributed by atoms with van der Waals surface area (Å²) in [5.74, 6) is 1.17. The summed E-state index contributed by atoms with van der Waals surface area (Å²) < 4.78 is 12.1. The highest BCUT2D eigenvalue weighted by Crippen LogP contribution is 2.28. The van der Waals surface area contributed by atoms with Gasteiger partial charge in [-0.05, 0) is 43.4 Å². The lowest BCUT2D eigenvalue weighted by atomic mass is 10.0. The lowest BCUT2D eigenvalue weighted by Gasteiger charge is -2.14. The Bertz CT molecular complexity index is 453. The molecule has 1 fully saturated rings. The largest absolute Gasteiger partial charge is 0.327 e. The highest BCUT2D eigenvalue weighted by atomic mass is 35.5. The molecular formula is C13H17Cl2NOS. The third-order valence-electron chi connectivity index (χ3n) is 3.55. The molecule has 0 spiro atoms. The normalized spacial score (nSPS) is 25.3. The number of halogens is 2. The standard InChI is InChI=1S/C13H17Cl2NOS/c14-11-5-4-10(8-12(11)15)18(17)7-6-9-2-1-3-13(9)16/h4-5,8-9,13H,1-3,6-7,16H2. The molecule has 0 bridgehead atoms. The minimum atomic E-state index is -1.01. The minimum absolute atomic E-state index is 0.288. The van der Waals surface area contributed by atoms with Gasteiger partial charge < -0.3 is 5.73 Å². The van der Waals surface area contributed by atoms with Gasteiger partial charge in [0.25, 0.3) is 0 Å². The van der Waals surface area contributed by atoms with Gasteiger partial charge in [-0.2, -0.15) is 0 Å². The second-order valence-corrected chi connectivity index (χ2v) is 7.15. The molecule has 1 aliphatic carbocycles. The van der Waals surface area contributed by atoms with Crippen molar-refractivity contribution in [2.75, 3.05) is 5.75 Å². The van der Waals surface area contributed by atoms with Crippen LogP contribution >= 0.6 is 23.2 Å². The monoisotopic (exact) mass is 305 g/mol. The quantitative estimate of drug-likeness (QED) is 0.923. The van der Waals surface area contributed by atoms with Crippen molar-refractivity contribution < 1.29 is 4.21 Å². The summed E-state index contributed by atoms with van der Waals surface area (Å²) in [6.07, 6.45) is 4.39. The van der Waals surface area contributed by atoms with E-state index in [1.165, 1.54) is 12.8 Å². The fourth-order valence-corrected chi connectivity index (χ4v) is 4.00. The maximum atomic E-state index is 12.1. The molecule has 2 rings (SSSR count). The minimum Gasteiger partial charge on any atom is -0.327 e. The predicted octanol–water partition coefficient (Wildman–Crippen LogP) is 3.62. The zero-order valence-corrected chi connectivity index (χ0v) is 12.4.